The monoisotopic (exact) mass is 465 g/mol. The number of ether oxygens (including phenoxy) is 1. The molecule has 0 fully saturated rings. The third-order valence-corrected chi connectivity index (χ3v) is 4.93. The molecule has 10 heteroatoms. The van der Waals surface area contributed by atoms with E-state index in [1.165, 1.54) is 17.7 Å². The lowest BCUT2D eigenvalue weighted by Gasteiger charge is -2.12. The molecule has 5 nitrogen and oxygen atoms in total. The van der Waals surface area contributed by atoms with Gasteiger partial charge in [0.25, 0.3) is 6.43 Å². The van der Waals surface area contributed by atoms with Crippen LogP contribution in [0.2, 0.25) is 0 Å². The fraction of sp³-hybridized carbons (Fsp3) is 0.444. The Balaban J connectivity index is 2.30. The molecule has 0 amide bonds. The molecule has 1 N–H and O–H groups in total. The number of rotatable bonds is 9. The number of alkyl halides is 2. The Bertz CT molecular complexity index is 809. The number of esters is 1. The first-order valence-electron chi connectivity index (χ1n) is 8.62. The largest absolute Gasteiger partial charge is 0.461 e. The number of hydrogen-bond acceptors (Lipinski definition) is 4. The van der Waals surface area contributed by atoms with E-state index >= 15 is 0 Å². The third kappa shape index (κ3) is 5.32. The molecular formula is C18H20BrF4N3O2. The summed E-state index contributed by atoms with van der Waals surface area (Å²) < 4.78 is 59.7. The van der Waals surface area contributed by atoms with E-state index in [4.69, 9.17) is 4.74 Å². The highest BCUT2D eigenvalue weighted by atomic mass is 79.9. The molecule has 0 radical (unpaired) electrons. The minimum atomic E-state index is -2.53. The lowest BCUT2D eigenvalue weighted by atomic mass is 10.1. The van der Waals surface area contributed by atoms with Crippen LogP contribution in [0.15, 0.2) is 22.8 Å². The molecule has 1 unspecified atom stereocenters. The van der Waals surface area contributed by atoms with Crippen LogP contribution >= 0.6 is 15.9 Å². The fourth-order valence-electron chi connectivity index (χ4n) is 2.52. The van der Waals surface area contributed by atoms with E-state index < -0.39 is 30.1 Å². The van der Waals surface area contributed by atoms with Gasteiger partial charge in [-0.3, -0.25) is 4.68 Å². The average Bonchev–Trinajstić information content (AvgIpc) is 2.94. The Kier molecular flexibility index (Phi) is 7.99. The van der Waals surface area contributed by atoms with E-state index in [2.05, 4.69) is 26.3 Å². The predicted molar refractivity (Wildman–Crippen MR) is 98.5 cm³/mol. The molecule has 1 aromatic carbocycles. The van der Waals surface area contributed by atoms with Crippen molar-refractivity contribution in [2.75, 3.05) is 13.2 Å². The Morgan fingerprint density at radius 2 is 1.93 bits per heavy atom. The quantitative estimate of drug-likeness (QED) is 0.450. The van der Waals surface area contributed by atoms with E-state index in [0.29, 0.717) is 10.2 Å². The van der Waals surface area contributed by atoms with Crippen molar-refractivity contribution < 1.29 is 27.1 Å². The summed E-state index contributed by atoms with van der Waals surface area (Å²) >= 11 is 3.30. The molecule has 28 heavy (non-hydrogen) atoms. The second-order valence-electron chi connectivity index (χ2n) is 6.02. The van der Waals surface area contributed by atoms with Crippen LogP contribution in [-0.4, -0.2) is 41.4 Å². The average molecular weight is 466 g/mol. The maximum atomic E-state index is 14.0. The fourth-order valence-corrected chi connectivity index (χ4v) is 3.11. The summed E-state index contributed by atoms with van der Waals surface area (Å²) in [4.78, 5) is 12.2. The number of hydrogen-bond donors (Lipinski definition) is 1. The summed E-state index contributed by atoms with van der Waals surface area (Å²) in [5, 5.41) is 6.78. The number of nitrogens with zero attached hydrogens (tertiary/aromatic N) is 2. The topological polar surface area (TPSA) is 56.1 Å². The SMILES string of the molecule is CCOC(=O)c1nn(Cc2c(F)cccc2F)c(Br)c1CCNC(C)C(F)F. The van der Waals surface area contributed by atoms with Gasteiger partial charge in [0, 0.05) is 11.1 Å². The standard InChI is InChI=1S/C18H20BrF4N3O2/c1-3-28-18(27)15-11(7-8-24-10(2)17(22)23)16(19)26(25-15)9-12-13(20)5-4-6-14(12)21/h4-6,10,17,24H,3,7-9H2,1-2H3. The van der Waals surface area contributed by atoms with Gasteiger partial charge in [0.1, 0.15) is 16.2 Å². The van der Waals surface area contributed by atoms with Crippen molar-refractivity contribution in [3.63, 3.8) is 0 Å². The van der Waals surface area contributed by atoms with Crippen LogP contribution in [0.1, 0.15) is 35.5 Å². The molecule has 0 aliphatic heterocycles. The van der Waals surface area contributed by atoms with Crippen LogP contribution < -0.4 is 5.32 Å². The van der Waals surface area contributed by atoms with Crippen LogP contribution in [-0.2, 0) is 17.7 Å². The van der Waals surface area contributed by atoms with Crippen LogP contribution in [0.3, 0.4) is 0 Å². The minimum Gasteiger partial charge on any atom is -0.461 e. The molecule has 0 bridgehead atoms. The lowest BCUT2D eigenvalue weighted by molar-refractivity contribution is 0.0517. The van der Waals surface area contributed by atoms with Crippen molar-refractivity contribution in [1.82, 2.24) is 15.1 Å². The summed E-state index contributed by atoms with van der Waals surface area (Å²) in [7, 11) is 0. The number of halogens is 5. The van der Waals surface area contributed by atoms with E-state index in [-0.39, 0.29) is 37.4 Å². The van der Waals surface area contributed by atoms with Crippen molar-refractivity contribution >= 4 is 21.9 Å². The zero-order valence-electron chi connectivity index (χ0n) is 15.3. The molecule has 0 aliphatic rings. The number of aromatic nitrogens is 2. The third-order valence-electron chi connectivity index (χ3n) is 4.04. The predicted octanol–water partition coefficient (Wildman–Crippen LogP) is 3.93. The first kappa shape index (κ1) is 22.4. The highest BCUT2D eigenvalue weighted by molar-refractivity contribution is 9.10. The Morgan fingerprint density at radius 1 is 1.29 bits per heavy atom. The van der Waals surface area contributed by atoms with E-state index in [1.54, 1.807) is 6.92 Å². The van der Waals surface area contributed by atoms with Gasteiger partial charge in [-0.15, -0.1) is 0 Å². The molecule has 0 aliphatic carbocycles. The summed E-state index contributed by atoms with van der Waals surface area (Å²) in [6, 6.07) is 2.47. The number of carbonyl (C=O) groups excluding carboxylic acids is 1. The molecular weight excluding hydrogens is 446 g/mol. The molecule has 0 saturated heterocycles. The summed E-state index contributed by atoms with van der Waals surface area (Å²) in [6.07, 6.45) is -2.34. The number of benzene rings is 1. The molecule has 2 aromatic rings. The Hall–Kier alpha value is -1.94. The smallest absolute Gasteiger partial charge is 0.359 e. The first-order valence-corrected chi connectivity index (χ1v) is 9.42. The molecule has 0 saturated carbocycles. The van der Waals surface area contributed by atoms with Crippen molar-refractivity contribution in [1.29, 1.82) is 0 Å². The Labute approximate surface area is 168 Å². The van der Waals surface area contributed by atoms with Crippen molar-refractivity contribution in [2.45, 2.75) is 39.3 Å². The second kappa shape index (κ2) is 10.0. The lowest BCUT2D eigenvalue weighted by Crippen LogP contribution is -2.34. The molecule has 1 aromatic heterocycles. The van der Waals surface area contributed by atoms with E-state index in [0.717, 1.165) is 12.1 Å². The van der Waals surface area contributed by atoms with E-state index in [1.807, 2.05) is 0 Å². The second-order valence-corrected chi connectivity index (χ2v) is 6.77. The van der Waals surface area contributed by atoms with Crippen molar-refractivity contribution in [3.8, 4) is 0 Å². The minimum absolute atomic E-state index is 0.0306. The highest BCUT2D eigenvalue weighted by Gasteiger charge is 2.24. The first-order chi connectivity index (χ1) is 13.3. The zero-order valence-corrected chi connectivity index (χ0v) is 16.9. The molecule has 154 valence electrons. The van der Waals surface area contributed by atoms with Crippen LogP contribution in [0, 0.1) is 11.6 Å². The van der Waals surface area contributed by atoms with Gasteiger partial charge in [-0.05, 0) is 54.9 Å². The van der Waals surface area contributed by atoms with Crippen LogP contribution in [0.25, 0.3) is 0 Å². The van der Waals surface area contributed by atoms with Gasteiger partial charge in [0.15, 0.2) is 5.69 Å². The highest BCUT2D eigenvalue weighted by Crippen LogP contribution is 2.24. The van der Waals surface area contributed by atoms with Crippen LogP contribution in [0.4, 0.5) is 17.6 Å². The zero-order chi connectivity index (χ0) is 20.8. The van der Waals surface area contributed by atoms with Gasteiger partial charge in [-0.25, -0.2) is 22.4 Å². The van der Waals surface area contributed by atoms with Gasteiger partial charge in [-0.2, -0.15) is 5.10 Å². The van der Waals surface area contributed by atoms with Crippen LogP contribution in [0.5, 0.6) is 0 Å². The summed E-state index contributed by atoms with van der Waals surface area (Å²) in [5.41, 5.74) is 0.165. The van der Waals surface area contributed by atoms with Crippen molar-refractivity contribution in [3.05, 3.63) is 51.3 Å². The molecule has 2 rings (SSSR count). The van der Waals surface area contributed by atoms with Gasteiger partial charge < -0.3 is 10.1 Å². The summed E-state index contributed by atoms with van der Waals surface area (Å²) in [6.45, 7) is 2.98. The Morgan fingerprint density at radius 3 is 2.50 bits per heavy atom. The number of nitrogens with one attached hydrogen (secondary N) is 1. The molecule has 0 spiro atoms. The maximum Gasteiger partial charge on any atom is 0.359 e. The normalized spacial score (nSPS) is 12.4. The molecule has 1 heterocycles. The molecule has 1 atom stereocenters. The summed E-state index contributed by atoms with van der Waals surface area (Å²) in [5.74, 6) is -2.18. The maximum absolute atomic E-state index is 14.0. The van der Waals surface area contributed by atoms with Gasteiger partial charge in [-0.1, -0.05) is 6.07 Å². The van der Waals surface area contributed by atoms with Gasteiger partial charge >= 0.3 is 5.97 Å². The van der Waals surface area contributed by atoms with Gasteiger partial charge in [0.05, 0.1) is 19.2 Å². The van der Waals surface area contributed by atoms with E-state index in [9.17, 15) is 22.4 Å². The van der Waals surface area contributed by atoms with Gasteiger partial charge in [0.2, 0.25) is 0 Å². The number of carbonyl (C=O) groups is 1. The van der Waals surface area contributed by atoms with Crippen molar-refractivity contribution in [2.24, 2.45) is 0 Å².